The quantitative estimate of drug-likeness (QED) is 0.746. The molecule has 0 aliphatic carbocycles. The van der Waals surface area contributed by atoms with Crippen molar-refractivity contribution in [1.82, 2.24) is 0 Å². The van der Waals surface area contributed by atoms with Gasteiger partial charge in [-0.2, -0.15) is 0 Å². The zero-order chi connectivity index (χ0) is 12.3. The smallest absolute Gasteiger partial charge is 0.274 e. The number of benzene rings is 1. The van der Waals surface area contributed by atoms with Gasteiger partial charge in [-0.15, -0.1) is 0 Å². The molecular weight excluding hydrogens is 218 g/mol. The third-order valence-electron chi connectivity index (χ3n) is 2.11. The number of halogens is 2. The van der Waals surface area contributed by atoms with Gasteiger partial charge in [0.15, 0.2) is 11.5 Å². The molecule has 0 N–H and O–H groups in total. The Morgan fingerprint density at radius 3 is 2.25 bits per heavy atom. The zero-order valence-electron chi connectivity index (χ0n) is 9.21. The fraction of sp³-hybridized carbons (Fsp3) is 0.364. The van der Waals surface area contributed by atoms with Crippen molar-refractivity contribution >= 4 is 6.29 Å². The fourth-order valence-corrected chi connectivity index (χ4v) is 1.38. The second-order valence-corrected chi connectivity index (χ2v) is 3.31. The van der Waals surface area contributed by atoms with E-state index in [0.717, 1.165) is 13.0 Å². The van der Waals surface area contributed by atoms with Gasteiger partial charge in [0.05, 0.1) is 19.8 Å². The van der Waals surface area contributed by atoms with Gasteiger partial charge in [-0.05, 0) is 12.1 Å². The van der Waals surface area contributed by atoms with Gasteiger partial charge in [0.1, 0.15) is 6.29 Å². The summed E-state index contributed by atoms with van der Waals surface area (Å²) in [5.41, 5.74) is -0.245. The molecule has 0 bridgehead atoms. The monoisotopic (exact) mass is 230 g/mol. The van der Waals surface area contributed by atoms with Crippen molar-refractivity contribution in [3.63, 3.8) is 0 Å². The highest BCUT2D eigenvalue weighted by Crippen LogP contribution is 2.40. The van der Waals surface area contributed by atoms with Crippen molar-refractivity contribution in [2.45, 2.75) is 12.8 Å². The van der Waals surface area contributed by atoms with Gasteiger partial charge in [-0.25, -0.2) is 8.78 Å². The number of rotatable bonds is 4. The summed E-state index contributed by atoms with van der Waals surface area (Å²) in [6.45, 7) is 0.735. The lowest BCUT2D eigenvalue weighted by Crippen LogP contribution is -2.11. The van der Waals surface area contributed by atoms with Crippen molar-refractivity contribution < 1.29 is 23.0 Å². The predicted octanol–water partition coefficient (Wildman–Crippen LogP) is 2.63. The molecule has 0 atom stereocenters. The summed E-state index contributed by atoms with van der Waals surface area (Å²) >= 11 is 0. The Balaban J connectivity index is 3.49. The van der Waals surface area contributed by atoms with Crippen LogP contribution in [-0.4, -0.2) is 20.5 Å². The van der Waals surface area contributed by atoms with Crippen LogP contribution in [0.15, 0.2) is 12.1 Å². The SMILES string of the molecule is COc1cc(C=O)cc(C(C)(F)F)c1OC. The second-order valence-electron chi connectivity index (χ2n) is 3.31. The van der Waals surface area contributed by atoms with Crippen LogP contribution in [-0.2, 0) is 5.92 Å². The zero-order valence-corrected chi connectivity index (χ0v) is 9.21. The molecule has 0 aromatic heterocycles. The van der Waals surface area contributed by atoms with E-state index in [1.54, 1.807) is 0 Å². The number of aldehydes is 1. The molecule has 16 heavy (non-hydrogen) atoms. The lowest BCUT2D eigenvalue weighted by Gasteiger charge is -2.17. The van der Waals surface area contributed by atoms with Crippen LogP contribution in [0.5, 0.6) is 11.5 Å². The molecule has 0 saturated heterocycles. The second kappa shape index (κ2) is 4.47. The van der Waals surface area contributed by atoms with E-state index in [1.807, 2.05) is 0 Å². The van der Waals surface area contributed by atoms with Gasteiger partial charge in [-0.3, -0.25) is 4.79 Å². The lowest BCUT2D eigenvalue weighted by molar-refractivity contribution is 0.0147. The summed E-state index contributed by atoms with van der Waals surface area (Å²) in [5, 5.41) is 0. The first-order chi connectivity index (χ1) is 7.43. The molecule has 0 saturated carbocycles. The Morgan fingerprint density at radius 2 is 1.88 bits per heavy atom. The molecule has 1 aromatic rings. The van der Waals surface area contributed by atoms with E-state index in [-0.39, 0.29) is 22.6 Å². The standard InChI is InChI=1S/C11H12F2O3/c1-11(12,13)8-4-7(6-14)5-9(15-2)10(8)16-3/h4-6H,1-3H3. The summed E-state index contributed by atoms with van der Waals surface area (Å²) in [6.07, 6.45) is 0.483. The summed E-state index contributed by atoms with van der Waals surface area (Å²) in [4.78, 5) is 10.6. The van der Waals surface area contributed by atoms with Crippen molar-refractivity contribution in [3.8, 4) is 11.5 Å². The van der Waals surface area contributed by atoms with E-state index in [2.05, 4.69) is 0 Å². The molecule has 0 unspecified atom stereocenters. The molecule has 0 aliphatic heterocycles. The molecule has 0 fully saturated rings. The van der Waals surface area contributed by atoms with Gasteiger partial charge in [0.25, 0.3) is 5.92 Å². The van der Waals surface area contributed by atoms with Crippen LogP contribution in [0.3, 0.4) is 0 Å². The molecule has 3 nitrogen and oxygen atoms in total. The molecule has 1 aromatic carbocycles. The van der Waals surface area contributed by atoms with Crippen molar-refractivity contribution in [2.24, 2.45) is 0 Å². The van der Waals surface area contributed by atoms with E-state index in [9.17, 15) is 13.6 Å². The molecule has 5 heteroatoms. The molecule has 0 spiro atoms. The highest BCUT2D eigenvalue weighted by atomic mass is 19.3. The van der Waals surface area contributed by atoms with Crippen LogP contribution in [0.4, 0.5) is 8.78 Å². The maximum absolute atomic E-state index is 13.3. The van der Waals surface area contributed by atoms with Crippen LogP contribution >= 0.6 is 0 Å². The van der Waals surface area contributed by atoms with Gasteiger partial charge < -0.3 is 9.47 Å². The van der Waals surface area contributed by atoms with Crippen LogP contribution < -0.4 is 9.47 Å². The first-order valence-corrected chi connectivity index (χ1v) is 4.53. The maximum atomic E-state index is 13.3. The third-order valence-corrected chi connectivity index (χ3v) is 2.11. The largest absolute Gasteiger partial charge is 0.493 e. The minimum Gasteiger partial charge on any atom is -0.493 e. The Hall–Kier alpha value is -1.65. The minimum atomic E-state index is -3.10. The van der Waals surface area contributed by atoms with E-state index in [4.69, 9.17) is 9.47 Å². The highest BCUT2D eigenvalue weighted by Gasteiger charge is 2.31. The number of ether oxygens (including phenoxy) is 2. The number of carbonyl (C=O) groups excluding carboxylic acids is 1. The Labute approximate surface area is 92.0 Å². The lowest BCUT2D eigenvalue weighted by atomic mass is 10.0. The van der Waals surface area contributed by atoms with E-state index >= 15 is 0 Å². The molecular formula is C11H12F2O3. The number of hydrogen-bond donors (Lipinski definition) is 0. The Morgan fingerprint density at radius 1 is 1.25 bits per heavy atom. The average Bonchev–Trinajstić information content (AvgIpc) is 2.25. The number of carbonyl (C=O) groups is 1. The average molecular weight is 230 g/mol. The molecule has 1 rings (SSSR count). The van der Waals surface area contributed by atoms with E-state index in [1.165, 1.54) is 20.3 Å². The summed E-state index contributed by atoms with van der Waals surface area (Å²) in [7, 11) is 2.59. The van der Waals surface area contributed by atoms with Crippen molar-refractivity contribution in [2.75, 3.05) is 14.2 Å². The van der Waals surface area contributed by atoms with Crippen LogP contribution in [0.25, 0.3) is 0 Å². The predicted molar refractivity (Wildman–Crippen MR) is 54.5 cm³/mol. The summed E-state index contributed by atoms with van der Waals surface area (Å²) in [6, 6.07) is 2.44. The molecule has 0 amide bonds. The van der Waals surface area contributed by atoms with Crippen molar-refractivity contribution in [3.05, 3.63) is 23.3 Å². The molecule has 88 valence electrons. The topological polar surface area (TPSA) is 35.5 Å². The van der Waals surface area contributed by atoms with Gasteiger partial charge >= 0.3 is 0 Å². The maximum Gasteiger partial charge on any atom is 0.274 e. The highest BCUT2D eigenvalue weighted by molar-refractivity contribution is 5.77. The fourth-order valence-electron chi connectivity index (χ4n) is 1.38. The first kappa shape index (κ1) is 12.4. The number of methoxy groups -OCH3 is 2. The number of hydrogen-bond acceptors (Lipinski definition) is 3. The van der Waals surface area contributed by atoms with Crippen LogP contribution in [0, 0.1) is 0 Å². The molecule has 0 radical (unpaired) electrons. The third kappa shape index (κ3) is 2.29. The van der Waals surface area contributed by atoms with Crippen LogP contribution in [0.1, 0.15) is 22.8 Å². The normalized spacial score (nSPS) is 11.1. The van der Waals surface area contributed by atoms with E-state index in [0.29, 0.717) is 6.29 Å². The van der Waals surface area contributed by atoms with Crippen molar-refractivity contribution in [1.29, 1.82) is 0 Å². The molecule has 0 heterocycles. The minimum absolute atomic E-state index is 0.0550. The Kier molecular flexibility index (Phi) is 3.47. The Bertz CT molecular complexity index is 397. The van der Waals surface area contributed by atoms with Gasteiger partial charge in [0.2, 0.25) is 0 Å². The first-order valence-electron chi connectivity index (χ1n) is 4.53. The number of alkyl halides is 2. The molecule has 0 aliphatic rings. The van der Waals surface area contributed by atoms with Gasteiger partial charge in [0, 0.05) is 12.5 Å². The van der Waals surface area contributed by atoms with E-state index < -0.39 is 5.92 Å². The summed E-state index contributed by atoms with van der Waals surface area (Å²) < 4.78 is 36.3. The van der Waals surface area contributed by atoms with Crippen LogP contribution in [0.2, 0.25) is 0 Å². The van der Waals surface area contributed by atoms with Gasteiger partial charge in [-0.1, -0.05) is 0 Å². The summed E-state index contributed by atoms with van der Waals surface area (Å²) in [5.74, 6) is -3.04.